The number of imidazole rings is 3. The number of para-hydroxylation sites is 9. The van der Waals surface area contributed by atoms with Crippen molar-refractivity contribution < 1.29 is 4.57 Å². The zero-order valence-electron chi connectivity index (χ0n) is 49.1. The highest BCUT2D eigenvalue weighted by atomic mass is 31.2. The number of benzene rings is 13. The summed E-state index contributed by atoms with van der Waals surface area (Å²) in [6.07, 6.45) is 0. The second-order valence-corrected chi connectivity index (χ2v) is 28.8. The first-order valence-electron chi connectivity index (χ1n) is 30.3. The smallest absolute Gasteiger partial charge is 0.179 e. The van der Waals surface area contributed by atoms with Crippen LogP contribution in [0, 0.1) is 0 Å². The lowest BCUT2D eigenvalue weighted by atomic mass is 10.0. The van der Waals surface area contributed by atoms with E-state index >= 15 is 4.57 Å². The van der Waals surface area contributed by atoms with Crippen LogP contribution in [0.4, 0.5) is 0 Å². The first kappa shape index (κ1) is 55.3. The lowest BCUT2D eigenvalue weighted by Gasteiger charge is -2.34. The molecule has 16 rings (SSSR count). The van der Waals surface area contributed by atoms with E-state index in [0.717, 1.165) is 100 Å². The number of fused-ring (bicyclic) bond motifs is 3. The molecule has 0 amide bonds. The molecule has 0 aliphatic carbocycles. The molecule has 3 aromatic heterocycles. The van der Waals surface area contributed by atoms with Crippen LogP contribution in [0.15, 0.2) is 358 Å². The highest BCUT2D eigenvalue weighted by Crippen LogP contribution is 2.43. The van der Waals surface area contributed by atoms with Crippen molar-refractivity contribution in [1.82, 2.24) is 28.7 Å². The molecule has 0 unspecified atom stereocenters. The molecule has 0 radical (unpaired) electrons. The van der Waals surface area contributed by atoms with Crippen LogP contribution in [0.1, 0.15) is 0 Å². The van der Waals surface area contributed by atoms with Gasteiger partial charge >= 0.3 is 0 Å². The summed E-state index contributed by atoms with van der Waals surface area (Å²) in [6.45, 7) is 0. The maximum absolute atomic E-state index is 15.0. The highest BCUT2D eigenvalue weighted by Gasteiger charge is 2.42. The van der Waals surface area contributed by atoms with E-state index < -0.39 is 15.2 Å². The Bertz CT molecular complexity index is 4720. The molecule has 16 aromatic rings. The lowest BCUT2D eigenvalue weighted by molar-refractivity contribution is 0.592. The van der Waals surface area contributed by atoms with E-state index in [1.165, 1.54) is 20.7 Å². The third-order valence-electron chi connectivity index (χ3n) is 17.0. The Morgan fingerprint density at radius 1 is 0.244 bits per heavy atom. The summed E-state index contributed by atoms with van der Waals surface area (Å²) in [7, 11) is -5.68. The standard InChI is InChI=1S/C45H30N6.C36H29OPSi/c1-4-16-34(17-5-1)49-40-25-13-10-22-37(40)46-43(49)31-28-32(44-47-38-23-11-14-26-41(38)50(44)35-18-6-2-7-19-35)30-33(29-31)45-48-39-24-12-15-27-42(39)51(45)36-20-8-3-9-21-36;37-38(30-16-6-1-7-17-30,31-18-8-2-9-19-31)32-26-28-36(29-27-32)39(33-20-10-3-11-21-33,34-22-12-4-13-23-34)35-24-14-5-15-25-35/h1-30H;1-29H. The van der Waals surface area contributed by atoms with Gasteiger partial charge in [0.25, 0.3) is 0 Å². The average molecular weight is 1190 g/mol. The zero-order chi connectivity index (χ0) is 60.3. The monoisotopic (exact) mass is 1190 g/mol. The number of aromatic nitrogens is 6. The zero-order valence-corrected chi connectivity index (χ0v) is 51.0. The van der Waals surface area contributed by atoms with Crippen molar-refractivity contribution in [3.8, 4) is 51.2 Å². The van der Waals surface area contributed by atoms with Gasteiger partial charge in [-0.1, -0.05) is 267 Å². The van der Waals surface area contributed by atoms with Crippen molar-refractivity contribution in [1.29, 1.82) is 0 Å². The molecule has 13 aromatic carbocycles. The molecule has 0 atom stereocenters. The van der Waals surface area contributed by atoms with Crippen molar-refractivity contribution in [2.75, 3.05) is 0 Å². The quantitative estimate of drug-likeness (QED) is 0.0655. The van der Waals surface area contributed by atoms with Crippen LogP contribution in [-0.2, 0) is 4.57 Å². The second-order valence-electron chi connectivity index (χ2n) is 22.3. The topological polar surface area (TPSA) is 70.5 Å². The first-order valence-corrected chi connectivity index (χ1v) is 34.0. The molecule has 0 fully saturated rings. The molecule has 7 nitrogen and oxygen atoms in total. The van der Waals surface area contributed by atoms with E-state index in [4.69, 9.17) is 15.0 Å². The number of rotatable bonds is 13. The molecule has 0 bridgehead atoms. The van der Waals surface area contributed by atoms with Crippen LogP contribution < -0.4 is 36.7 Å². The third kappa shape index (κ3) is 10.0. The molecule has 0 saturated carbocycles. The molecule has 90 heavy (non-hydrogen) atoms. The molecular formula is C81H59N6OPSi. The van der Waals surface area contributed by atoms with Gasteiger partial charge in [-0.05, 0) is 112 Å². The minimum atomic E-state index is -3.05. The minimum absolute atomic E-state index is 0.843. The Morgan fingerprint density at radius 3 is 0.778 bits per heavy atom. The van der Waals surface area contributed by atoms with Crippen LogP contribution in [0.2, 0.25) is 0 Å². The van der Waals surface area contributed by atoms with Crippen LogP contribution in [0.3, 0.4) is 0 Å². The maximum Gasteiger partial charge on any atom is 0.179 e. The van der Waals surface area contributed by atoms with Crippen molar-refractivity contribution in [3.05, 3.63) is 358 Å². The average Bonchev–Trinajstić information content (AvgIpc) is 0.914. The third-order valence-corrected chi connectivity index (χ3v) is 24.8. The molecule has 428 valence electrons. The van der Waals surface area contributed by atoms with Gasteiger partial charge in [-0.2, -0.15) is 0 Å². The molecule has 0 spiro atoms. The summed E-state index contributed by atoms with van der Waals surface area (Å²) >= 11 is 0. The van der Waals surface area contributed by atoms with Crippen molar-refractivity contribution in [2.24, 2.45) is 0 Å². The normalized spacial score (nSPS) is 11.6. The molecule has 0 N–H and O–H groups in total. The fourth-order valence-corrected chi connectivity index (χ4v) is 20.3. The molecule has 3 heterocycles. The Labute approximate surface area is 524 Å². The largest absolute Gasteiger partial charge is 0.309 e. The van der Waals surface area contributed by atoms with Gasteiger partial charge in [-0.15, -0.1) is 0 Å². The SMILES string of the molecule is O=P(c1ccccc1)(c1ccccc1)c1ccc([Si](c2ccccc2)(c2ccccc2)c2ccccc2)cc1.c1ccc(-n2c(-c3cc(-c4nc5ccccc5n4-c4ccccc4)cc(-c4nc5ccccc5n4-c4ccccc4)c3)nc3ccccc32)cc1. The lowest BCUT2D eigenvalue weighted by Crippen LogP contribution is -2.74. The van der Waals surface area contributed by atoms with E-state index in [2.05, 4.69) is 275 Å². The summed E-state index contributed by atoms with van der Waals surface area (Å²) < 4.78 is 21.7. The Hall–Kier alpha value is -11.3. The van der Waals surface area contributed by atoms with Gasteiger partial charge in [0, 0.05) is 49.7 Å². The van der Waals surface area contributed by atoms with E-state index in [0.29, 0.717) is 0 Å². The van der Waals surface area contributed by atoms with Gasteiger partial charge in [-0.3, -0.25) is 13.7 Å². The van der Waals surface area contributed by atoms with Gasteiger partial charge in [0.15, 0.2) is 15.2 Å². The summed E-state index contributed by atoms with van der Waals surface area (Å²) in [5.74, 6) is 2.53. The highest BCUT2D eigenvalue weighted by molar-refractivity contribution is 7.85. The van der Waals surface area contributed by atoms with Crippen LogP contribution in [0.5, 0.6) is 0 Å². The summed E-state index contributed by atoms with van der Waals surface area (Å²) in [5.41, 5.74) is 11.9. The van der Waals surface area contributed by atoms with E-state index in [1.807, 2.05) is 97.1 Å². The van der Waals surface area contributed by atoms with Gasteiger partial charge in [0.05, 0.1) is 33.1 Å². The van der Waals surface area contributed by atoms with E-state index in [9.17, 15) is 0 Å². The molecule has 0 saturated heterocycles. The number of hydrogen-bond acceptors (Lipinski definition) is 4. The van der Waals surface area contributed by atoms with Crippen LogP contribution >= 0.6 is 7.14 Å². The van der Waals surface area contributed by atoms with Crippen LogP contribution in [0.25, 0.3) is 84.3 Å². The van der Waals surface area contributed by atoms with Gasteiger partial charge in [0.1, 0.15) is 17.5 Å². The van der Waals surface area contributed by atoms with Gasteiger partial charge < -0.3 is 4.57 Å². The number of nitrogens with zero attached hydrogens (tertiary/aromatic N) is 6. The van der Waals surface area contributed by atoms with E-state index in [-0.39, 0.29) is 0 Å². The predicted octanol–water partition coefficient (Wildman–Crippen LogP) is 15.4. The Balaban J connectivity index is 0.000000156. The minimum Gasteiger partial charge on any atom is -0.309 e. The molecule has 0 aliphatic heterocycles. The van der Waals surface area contributed by atoms with Gasteiger partial charge in [0.2, 0.25) is 0 Å². The Kier molecular flexibility index (Phi) is 14.8. The predicted molar refractivity (Wildman–Crippen MR) is 376 cm³/mol. The van der Waals surface area contributed by atoms with Crippen molar-refractivity contribution >= 4 is 85.0 Å². The molecular weight excluding hydrogens is 1130 g/mol. The number of hydrogen-bond donors (Lipinski definition) is 0. The van der Waals surface area contributed by atoms with E-state index in [1.54, 1.807) is 0 Å². The Morgan fingerprint density at radius 2 is 0.478 bits per heavy atom. The maximum atomic E-state index is 15.0. The fraction of sp³-hybridized carbons (Fsp3) is 0. The summed E-state index contributed by atoms with van der Waals surface area (Å²) in [6, 6.07) is 124. The molecule has 0 aliphatic rings. The van der Waals surface area contributed by atoms with Crippen molar-refractivity contribution in [2.45, 2.75) is 0 Å². The second kappa shape index (κ2) is 24.1. The molecule has 9 heteroatoms. The fourth-order valence-electron chi connectivity index (χ4n) is 12.9. The van der Waals surface area contributed by atoms with Crippen molar-refractivity contribution in [3.63, 3.8) is 0 Å². The first-order chi connectivity index (χ1) is 44.5. The van der Waals surface area contributed by atoms with Gasteiger partial charge in [-0.25, -0.2) is 15.0 Å². The van der Waals surface area contributed by atoms with Crippen LogP contribution in [-0.4, -0.2) is 36.7 Å². The summed E-state index contributed by atoms with van der Waals surface area (Å²) in [5, 5.41) is 7.78. The summed E-state index contributed by atoms with van der Waals surface area (Å²) in [4.78, 5) is 15.9.